The van der Waals surface area contributed by atoms with Crippen LogP contribution in [0.1, 0.15) is 48.2 Å². The molecular formula is C31H31N5O4. The number of aromatic amines is 1. The highest BCUT2D eigenvalue weighted by Gasteiger charge is 2.42. The van der Waals surface area contributed by atoms with Crippen molar-refractivity contribution in [1.29, 1.82) is 0 Å². The van der Waals surface area contributed by atoms with E-state index in [2.05, 4.69) is 15.0 Å². The highest BCUT2D eigenvalue weighted by molar-refractivity contribution is 5.47. The average Bonchev–Trinajstić information content (AvgIpc) is 3.39. The van der Waals surface area contributed by atoms with Crippen LogP contribution in [0.4, 0.5) is 0 Å². The largest absolute Gasteiger partial charge is 0.358 e. The molecule has 0 unspecified atom stereocenters. The summed E-state index contributed by atoms with van der Waals surface area (Å²) < 4.78 is 14.6. The van der Waals surface area contributed by atoms with Crippen molar-refractivity contribution < 1.29 is 9.47 Å². The molecule has 0 spiro atoms. The summed E-state index contributed by atoms with van der Waals surface area (Å²) in [5.41, 5.74) is 10.7. The smallest absolute Gasteiger partial charge is 0.330 e. The van der Waals surface area contributed by atoms with Crippen LogP contribution in [0.15, 0.2) is 112 Å². The van der Waals surface area contributed by atoms with Crippen molar-refractivity contribution in [3.63, 3.8) is 0 Å². The van der Waals surface area contributed by atoms with E-state index >= 15 is 0 Å². The summed E-state index contributed by atoms with van der Waals surface area (Å²) in [4.78, 5) is 30.4. The molecule has 1 aliphatic heterocycles. The van der Waals surface area contributed by atoms with Crippen LogP contribution in [0.2, 0.25) is 0 Å². The fourth-order valence-corrected chi connectivity index (χ4v) is 5.39. The fraction of sp³-hybridized carbons (Fsp3) is 0.290. The Morgan fingerprint density at radius 2 is 1.52 bits per heavy atom. The number of benzene rings is 3. The minimum absolute atomic E-state index is 0.0821. The van der Waals surface area contributed by atoms with E-state index in [9.17, 15) is 15.1 Å². The topological polar surface area (TPSA) is 122 Å². The minimum Gasteiger partial charge on any atom is -0.358 e. The van der Waals surface area contributed by atoms with Crippen molar-refractivity contribution >= 4 is 0 Å². The van der Waals surface area contributed by atoms with E-state index in [-0.39, 0.29) is 13.0 Å². The molecule has 9 nitrogen and oxygen atoms in total. The SMILES string of the molecule is CCCc1cn([C@H]2C[C@H](N=[N+]=[N-])[C@@H](COC(c3ccccc3)(c3ccccc3)c3ccccc3)O2)c(=O)[nH]c1=O. The number of ether oxygens (including phenoxy) is 2. The summed E-state index contributed by atoms with van der Waals surface area (Å²) in [6.45, 7) is 2.04. The van der Waals surface area contributed by atoms with Crippen LogP contribution in [0.3, 0.4) is 0 Å². The summed E-state index contributed by atoms with van der Waals surface area (Å²) in [6, 6.07) is 29.3. The first-order valence-electron chi connectivity index (χ1n) is 13.4. The summed E-state index contributed by atoms with van der Waals surface area (Å²) in [5, 5.41) is 3.99. The van der Waals surface area contributed by atoms with E-state index in [1.165, 1.54) is 4.57 Å². The lowest BCUT2D eigenvalue weighted by Crippen LogP contribution is -2.38. The first-order chi connectivity index (χ1) is 19.6. The third kappa shape index (κ3) is 5.35. The molecule has 1 aromatic heterocycles. The Hall–Kier alpha value is -4.43. The van der Waals surface area contributed by atoms with Gasteiger partial charge in [0.15, 0.2) is 0 Å². The van der Waals surface area contributed by atoms with Gasteiger partial charge < -0.3 is 9.47 Å². The molecule has 1 N–H and O–H groups in total. The average molecular weight is 538 g/mol. The monoisotopic (exact) mass is 537 g/mol. The van der Waals surface area contributed by atoms with Gasteiger partial charge in [0.2, 0.25) is 0 Å². The van der Waals surface area contributed by atoms with Crippen molar-refractivity contribution in [2.45, 2.75) is 50.2 Å². The lowest BCUT2D eigenvalue weighted by atomic mass is 9.80. The highest BCUT2D eigenvalue weighted by atomic mass is 16.6. The predicted octanol–water partition coefficient (Wildman–Crippen LogP) is 5.46. The Labute approximate surface area is 231 Å². The summed E-state index contributed by atoms with van der Waals surface area (Å²) in [6.07, 6.45) is 1.75. The Morgan fingerprint density at radius 3 is 2.02 bits per heavy atom. The van der Waals surface area contributed by atoms with Gasteiger partial charge in [-0.15, -0.1) is 0 Å². The van der Waals surface area contributed by atoms with Crippen LogP contribution in [0.25, 0.3) is 10.4 Å². The van der Waals surface area contributed by atoms with Crippen LogP contribution in [0.5, 0.6) is 0 Å². The Morgan fingerprint density at radius 1 is 0.975 bits per heavy atom. The number of nitrogens with one attached hydrogen (secondary N) is 1. The van der Waals surface area contributed by atoms with Gasteiger partial charge in [-0.05, 0) is 28.6 Å². The quantitative estimate of drug-likeness (QED) is 0.125. The van der Waals surface area contributed by atoms with E-state index in [4.69, 9.17) is 9.47 Å². The van der Waals surface area contributed by atoms with Gasteiger partial charge in [-0.25, -0.2) is 4.79 Å². The van der Waals surface area contributed by atoms with E-state index in [0.717, 1.165) is 23.1 Å². The highest BCUT2D eigenvalue weighted by Crippen LogP contribution is 2.41. The van der Waals surface area contributed by atoms with Gasteiger partial charge in [-0.1, -0.05) is 109 Å². The van der Waals surface area contributed by atoms with Gasteiger partial charge in [-0.2, -0.15) is 0 Å². The zero-order valence-electron chi connectivity index (χ0n) is 22.2. The van der Waals surface area contributed by atoms with E-state index in [0.29, 0.717) is 12.0 Å². The van der Waals surface area contributed by atoms with Gasteiger partial charge >= 0.3 is 5.69 Å². The molecular weight excluding hydrogens is 506 g/mol. The number of nitrogens with zero attached hydrogens (tertiary/aromatic N) is 4. The second kappa shape index (κ2) is 12.2. The van der Waals surface area contributed by atoms with E-state index in [1.807, 2.05) is 97.9 Å². The number of hydrogen-bond acceptors (Lipinski definition) is 5. The lowest BCUT2D eigenvalue weighted by Gasteiger charge is -2.37. The van der Waals surface area contributed by atoms with Gasteiger partial charge in [0, 0.05) is 23.1 Å². The summed E-state index contributed by atoms with van der Waals surface area (Å²) in [7, 11) is 0. The number of hydrogen-bond donors (Lipinski definition) is 1. The summed E-state index contributed by atoms with van der Waals surface area (Å²) in [5.74, 6) is 0. The molecule has 2 heterocycles. The van der Waals surface area contributed by atoms with Gasteiger partial charge in [-0.3, -0.25) is 14.3 Å². The first kappa shape index (κ1) is 27.1. The van der Waals surface area contributed by atoms with Crippen molar-refractivity contribution in [3.05, 3.63) is 151 Å². The number of aromatic nitrogens is 2. The molecule has 4 aromatic rings. The van der Waals surface area contributed by atoms with E-state index < -0.39 is 35.2 Å². The molecule has 3 atom stereocenters. The maximum Gasteiger partial charge on any atom is 0.330 e. The number of rotatable bonds is 10. The van der Waals surface area contributed by atoms with Gasteiger partial charge in [0.25, 0.3) is 5.56 Å². The number of azide groups is 1. The Bertz CT molecular complexity index is 1480. The van der Waals surface area contributed by atoms with Gasteiger partial charge in [0.05, 0.1) is 18.8 Å². The maximum absolute atomic E-state index is 12.7. The molecule has 1 saturated heterocycles. The molecule has 0 bridgehead atoms. The molecule has 0 amide bonds. The second-order valence-corrected chi connectivity index (χ2v) is 9.80. The van der Waals surface area contributed by atoms with E-state index in [1.54, 1.807) is 6.20 Å². The third-order valence-corrected chi connectivity index (χ3v) is 7.28. The number of H-pyrrole nitrogens is 1. The van der Waals surface area contributed by atoms with Crippen LogP contribution in [-0.4, -0.2) is 28.3 Å². The molecule has 0 aliphatic carbocycles. The van der Waals surface area contributed by atoms with Crippen LogP contribution in [0, 0.1) is 0 Å². The Balaban J connectivity index is 1.53. The third-order valence-electron chi connectivity index (χ3n) is 7.28. The van der Waals surface area contributed by atoms with Gasteiger partial charge in [0.1, 0.15) is 11.8 Å². The van der Waals surface area contributed by atoms with Crippen LogP contribution < -0.4 is 11.2 Å². The fourth-order valence-electron chi connectivity index (χ4n) is 5.39. The molecule has 1 aliphatic rings. The zero-order valence-corrected chi connectivity index (χ0v) is 22.2. The van der Waals surface area contributed by atoms with Crippen molar-refractivity contribution in [2.24, 2.45) is 5.11 Å². The van der Waals surface area contributed by atoms with Crippen LogP contribution >= 0.6 is 0 Å². The number of aryl methyl sites for hydroxylation is 1. The normalized spacial score (nSPS) is 18.8. The van der Waals surface area contributed by atoms with Crippen molar-refractivity contribution in [2.75, 3.05) is 6.61 Å². The molecule has 3 aromatic carbocycles. The first-order valence-corrected chi connectivity index (χ1v) is 13.4. The second-order valence-electron chi connectivity index (χ2n) is 9.80. The van der Waals surface area contributed by atoms with Crippen molar-refractivity contribution in [3.8, 4) is 0 Å². The lowest BCUT2D eigenvalue weighted by molar-refractivity contribution is -0.0796. The maximum atomic E-state index is 12.7. The predicted molar refractivity (Wildman–Crippen MR) is 152 cm³/mol. The summed E-state index contributed by atoms with van der Waals surface area (Å²) >= 11 is 0. The molecule has 5 rings (SSSR count). The molecule has 204 valence electrons. The van der Waals surface area contributed by atoms with Crippen molar-refractivity contribution in [1.82, 2.24) is 9.55 Å². The minimum atomic E-state index is -0.977. The standard InChI is InChI=1S/C31H31N5O4/c1-2-12-22-20-36(30(38)33-29(22)37)28-19-26(34-35-32)27(40-28)21-39-31(23-13-6-3-7-14-23,24-15-8-4-9-16-24)25-17-10-5-11-18-25/h3-11,13-18,20,26-28H,2,12,19,21H2,1H3,(H,33,37,38)/t26-,27+,28+/m0/s1. The Kier molecular flexibility index (Phi) is 8.26. The molecule has 40 heavy (non-hydrogen) atoms. The van der Waals surface area contributed by atoms with Crippen LogP contribution in [-0.2, 0) is 21.5 Å². The molecule has 0 saturated carbocycles. The molecule has 1 fully saturated rings. The molecule has 9 heteroatoms. The zero-order chi connectivity index (χ0) is 28.0. The molecule has 0 radical (unpaired) electrons.